The van der Waals surface area contributed by atoms with Crippen molar-refractivity contribution in [3.63, 3.8) is 0 Å². The Morgan fingerprint density at radius 3 is 3.16 bits per heavy atom. The van der Waals surface area contributed by atoms with Crippen LogP contribution in [0, 0.1) is 0 Å². The van der Waals surface area contributed by atoms with Crippen LogP contribution in [0.2, 0.25) is 0 Å². The molecular weight excluding hydrogens is 242 g/mol. The average molecular weight is 259 g/mol. The molecule has 0 bridgehead atoms. The van der Waals surface area contributed by atoms with Crippen molar-refractivity contribution < 1.29 is 4.74 Å². The number of rotatable bonds is 3. The second-order valence-electron chi connectivity index (χ2n) is 4.60. The van der Waals surface area contributed by atoms with Crippen LogP contribution in [0.25, 0.3) is 11.5 Å². The van der Waals surface area contributed by atoms with E-state index >= 15 is 0 Å². The Bertz CT molecular complexity index is 593. The highest BCUT2D eigenvalue weighted by Crippen LogP contribution is 2.24. The summed E-state index contributed by atoms with van der Waals surface area (Å²) in [4.78, 5) is 9.03. The van der Waals surface area contributed by atoms with Gasteiger partial charge < -0.3 is 10.5 Å². The van der Waals surface area contributed by atoms with Crippen molar-refractivity contribution in [3.05, 3.63) is 23.5 Å². The predicted octanol–water partition coefficient (Wildman–Crippen LogP) is 1.41. The molecule has 0 saturated heterocycles. The Morgan fingerprint density at radius 2 is 2.32 bits per heavy atom. The lowest BCUT2D eigenvalue weighted by atomic mass is 10.1. The number of hydrogen-bond donors (Lipinski definition) is 1. The summed E-state index contributed by atoms with van der Waals surface area (Å²) < 4.78 is 7.31. The Kier molecular flexibility index (Phi) is 3.16. The zero-order valence-electron chi connectivity index (χ0n) is 11.0. The third kappa shape index (κ3) is 2.19. The van der Waals surface area contributed by atoms with E-state index in [0.717, 1.165) is 36.3 Å². The summed E-state index contributed by atoms with van der Waals surface area (Å²) >= 11 is 0. The van der Waals surface area contributed by atoms with Gasteiger partial charge in [-0.3, -0.25) is 4.68 Å². The van der Waals surface area contributed by atoms with Gasteiger partial charge in [0.05, 0.1) is 18.9 Å². The SMILES string of the molecule is CCCn1nccc1-c1nc(N)c2c(n1)CCOC2. The van der Waals surface area contributed by atoms with Gasteiger partial charge in [0.2, 0.25) is 0 Å². The molecule has 0 fully saturated rings. The fourth-order valence-corrected chi connectivity index (χ4v) is 2.28. The zero-order valence-corrected chi connectivity index (χ0v) is 11.0. The number of hydrogen-bond acceptors (Lipinski definition) is 5. The fourth-order valence-electron chi connectivity index (χ4n) is 2.28. The van der Waals surface area contributed by atoms with Crippen LogP contribution in [-0.4, -0.2) is 26.4 Å². The van der Waals surface area contributed by atoms with E-state index in [1.807, 2.05) is 10.7 Å². The quantitative estimate of drug-likeness (QED) is 0.901. The maximum Gasteiger partial charge on any atom is 0.180 e. The minimum absolute atomic E-state index is 0.510. The molecule has 6 nitrogen and oxygen atoms in total. The van der Waals surface area contributed by atoms with Crippen molar-refractivity contribution in [2.24, 2.45) is 0 Å². The van der Waals surface area contributed by atoms with Gasteiger partial charge >= 0.3 is 0 Å². The monoisotopic (exact) mass is 259 g/mol. The molecule has 0 radical (unpaired) electrons. The lowest BCUT2D eigenvalue weighted by molar-refractivity contribution is 0.109. The van der Waals surface area contributed by atoms with Crippen molar-refractivity contribution in [1.82, 2.24) is 19.7 Å². The van der Waals surface area contributed by atoms with E-state index < -0.39 is 0 Å². The predicted molar refractivity (Wildman–Crippen MR) is 71.3 cm³/mol. The van der Waals surface area contributed by atoms with Gasteiger partial charge in [0.25, 0.3) is 0 Å². The van der Waals surface area contributed by atoms with Gasteiger partial charge in [-0.1, -0.05) is 6.92 Å². The molecule has 0 saturated carbocycles. The largest absolute Gasteiger partial charge is 0.383 e. The van der Waals surface area contributed by atoms with E-state index in [9.17, 15) is 0 Å². The van der Waals surface area contributed by atoms with Gasteiger partial charge in [-0.2, -0.15) is 5.10 Å². The van der Waals surface area contributed by atoms with E-state index in [2.05, 4.69) is 22.0 Å². The molecule has 0 aliphatic carbocycles. The smallest absolute Gasteiger partial charge is 0.180 e. The van der Waals surface area contributed by atoms with Gasteiger partial charge in [-0.15, -0.1) is 0 Å². The first kappa shape index (κ1) is 12.1. The van der Waals surface area contributed by atoms with Crippen LogP contribution in [-0.2, 0) is 24.3 Å². The molecular formula is C13H17N5O. The summed E-state index contributed by atoms with van der Waals surface area (Å²) in [6.07, 6.45) is 3.58. The van der Waals surface area contributed by atoms with E-state index in [4.69, 9.17) is 10.5 Å². The molecule has 6 heteroatoms. The first-order valence-electron chi connectivity index (χ1n) is 6.54. The number of nitrogens with zero attached hydrogens (tertiary/aromatic N) is 4. The van der Waals surface area contributed by atoms with Crippen LogP contribution >= 0.6 is 0 Å². The van der Waals surface area contributed by atoms with Gasteiger partial charge in [0, 0.05) is 24.7 Å². The molecule has 0 spiro atoms. The van der Waals surface area contributed by atoms with Crippen molar-refractivity contribution in [1.29, 1.82) is 0 Å². The molecule has 3 rings (SSSR count). The number of anilines is 1. The number of nitrogen functional groups attached to an aromatic ring is 1. The second-order valence-corrected chi connectivity index (χ2v) is 4.60. The first-order chi connectivity index (χ1) is 9.29. The fraction of sp³-hybridized carbons (Fsp3) is 0.462. The third-order valence-corrected chi connectivity index (χ3v) is 3.24. The number of fused-ring (bicyclic) bond motifs is 1. The van der Waals surface area contributed by atoms with E-state index in [1.54, 1.807) is 6.20 Å². The highest BCUT2D eigenvalue weighted by molar-refractivity contribution is 5.55. The van der Waals surface area contributed by atoms with Crippen molar-refractivity contribution >= 4 is 5.82 Å². The van der Waals surface area contributed by atoms with Crippen molar-refractivity contribution in [3.8, 4) is 11.5 Å². The molecule has 100 valence electrons. The summed E-state index contributed by atoms with van der Waals surface area (Å²) in [5.41, 5.74) is 8.86. The molecule has 0 atom stereocenters. The minimum atomic E-state index is 0.510. The van der Waals surface area contributed by atoms with E-state index in [0.29, 0.717) is 24.9 Å². The van der Waals surface area contributed by atoms with Crippen LogP contribution in [0.5, 0.6) is 0 Å². The lowest BCUT2D eigenvalue weighted by Crippen LogP contribution is -2.16. The third-order valence-electron chi connectivity index (χ3n) is 3.24. The van der Waals surface area contributed by atoms with Gasteiger partial charge in [0.1, 0.15) is 11.5 Å². The van der Waals surface area contributed by atoms with Crippen molar-refractivity contribution in [2.75, 3.05) is 12.3 Å². The number of nitrogens with two attached hydrogens (primary N) is 1. The maximum atomic E-state index is 6.01. The van der Waals surface area contributed by atoms with Gasteiger partial charge in [0.15, 0.2) is 5.82 Å². The highest BCUT2D eigenvalue weighted by atomic mass is 16.5. The van der Waals surface area contributed by atoms with Crippen LogP contribution in [0.4, 0.5) is 5.82 Å². The van der Waals surface area contributed by atoms with Gasteiger partial charge in [-0.25, -0.2) is 9.97 Å². The van der Waals surface area contributed by atoms with Crippen LogP contribution in [0.1, 0.15) is 24.6 Å². The lowest BCUT2D eigenvalue weighted by Gasteiger charge is -2.17. The molecule has 3 heterocycles. The standard InChI is InChI=1S/C13H17N5O/c1-2-6-18-11(3-5-15-18)13-16-10-4-7-19-8-9(10)12(14)17-13/h3,5H,2,4,6-8H2,1H3,(H2,14,16,17). The normalized spacial score (nSPS) is 14.4. The Balaban J connectivity index is 2.05. The van der Waals surface area contributed by atoms with E-state index in [-0.39, 0.29) is 0 Å². The number of aromatic nitrogens is 4. The molecule has 0 unspecified atom stereocenters. The summed E-state index contributed by atoms with van der Waals surface area (Å²) in [6, 6.07) is 1.93. The van der Waals surface area contributed by atoms with Gasteiger partial charge in [-0.05, 0) is 12.5 Å². The summed E-state index contributed by atoms with van der Waals surface area (Å²) in [5.74, 6) is 1.17. The molecule has 2 N–H and O–H groups in total. The molecule has 1 aliphatic rings. The Hall–Kier alpha value is -1.95. The molecule has 2 aromatic heterocycles. The summed E-state index contributed by atoms with van der Waals surface area (Å²) in [7, 11) is 0. The first-order valence-corrected chi connectivity index (χ1v) is 6.54. The molecule has 0 amide bonds. The summed E-state index contributed by atoms with van der Waals surface area (Å²) in [6.45, 7) is 4.17. The number of aryl methyl sites for hydroxylation is 1. The Labute approximate surface area is 111 Å². The van der Waals surface area contributed by atoms with Crippen molar-refractivity contribution in [2.45, 2.75) is 32.9 Å². The molecule has 0 aromatic carbocycles. The number of ether oxygens (including phenoxy) is 1. The van der Waals surface area contributed by atoms with Crippen LogP contribution in [0.15, 0.2) is 12.3 Å². The topological polar surface area (TPSA) is 78.9 Å². The van der Waals surface area contributed by atoms with E-state index in [1.165, 1.54) is 0 Å². The highest BCUT2D eigenvalue weighted by Gasteiger charge is 2.18. The minimum Gasteiger partial charge on any atom is -0.383 e. The van der Waals surface area contributed by atoms with Crippen LogP contribution < -0.4 is 5.73 Å². The Morgan fingerprint density at radius 1 is 1.42 bits per heavy atom. The molecule has 1 aliphatic heterocycles. The maximum absolute atomic E-state index is 6.01. The second kappa shape index (κ2) is 4.97. The summed E-state index contributed by atoms with van der Waals surface area (Å²) in [5, 5.41) is 4.30. The average Bonchev–Trinajstić information content (AvgIpc) is 2.87. The molecule has 2 aromatic rings. The molecule has 19 heavy (non-hydrogen) atoms. The zero-order chi connectivity index (χ0) is 13.2. The van der Waals surface area contributed by atoms with Crippen LogP contribution in [0.3, 0.4) is 0 Å².